The van der Waals surface area contributed by atoms with Gasteiger partial charge in [0.05, 0.1) is 0 Å². The monoisotopic (exact) mass is 365 g/mol. The van der Waals surface area contributed by atoms with Gasteiger partial charge in [0.15, 0.2) is 0 Å². The van der Waals surface area contributed by atoms with Crippen molar-refractivity contribution < 1.29 is 4.79 Å². The van der Waals surface area contributed by atoms with Gasteiger partial charge in [-0.05, 0) is 48.5 Å². The van der Waals surface area contributed by atoms with Crippen molar-refractivity contribution >= 4 is 5.91 Å². The van der Waals surface area contributed by atoms with E-state index in [9.17, 15) is 4.79 Å². The number of benzene rings is 2. The van der Waals surface area contributed by atoms with Crippen LogP contribution in [0, 0.1) is 5.92 Å². The number of hydrogen-bond acceptors (Lipinski definition) is 3. The number of carbonyl (C=O) groups excluding carboxylic acids is 1. The topological polar surface area (TPSA) is 58.4 Å². The lowest BCUT2D eigenvalue weighted by molar-refractivity contribution is -0.121. The van der Waals surface area contributed by atoms with Gasteiger partial charge in [-0.3, -0.25) is 9.69 Å². The first-order chi connectivity index (χ1) is 13.1. The quantitative estimate of drug-likeness (QED) is 0.788. The van der Waals surface area contributed by atoms with E-state index >= 15 is 0 Å². The zero-order chi connectivity index (χ0) is 19.1. The maximum absolute atomic E-state index is 12.3. The zero-order valence-electron chi connectivity index (χ0n) is 16.2. The molecule has 1 amide bonds. The summed E-state index contributed by atoms with van der Waals surface area (Å²) in [5, 5.41) is 3.05. The molecule has 0 saturated carbocycles. The lowest BCUT2D eigenvalue weighted by atomic mass is 9.98. The van der Waals surface area contributed by atoms with Crippen LogP contribution < -0.4 is 11.1 Å². The Balaban J connectivity index is 1.52. The predicted octanol–water partition coefficient (Wildman–Crippen LogP) is 3.62. The summed E-state index contributed by atoms with van der Waals surface area (Å²) >= 11 is 0. The summed E-state index contributed by atoms with van der Waals surface area (Å²) < 4.78 is 0. The molecule has 0 aromatic heterocycles. The summed E-state index contributed by atoms with van der Waals surface area (Å²) in [5.74, 6) is 0.831. The third-order valence-corrected chi connectivity index (χ3v) is 5.50. The van der Waals surface area contributed by atoms with Gasteiger partial charge in [0.25, 0.3) is 0 Å². The third-order valence-electron chi connectivity index (χ3n) is 5.50. The number of carbonyl (C=O) groups is 1. The van der Waals surface area contributed by atoms with Crippen LogP contribution in [0.25, 0.3) is 0 Å². The molecule has 144 valence electrons. The van der Waals surface area contributed by atoms with Crippen molar-refractivity contribution in [1.82, 2.24) is 10.2 Å². The molecule has 0 radical (unpaired) electrons. The fraction of sp³-hybridized carbons (Fsp3) is 0.435. The van der Waals surface area contributed by atoms with Crippen molar-refractivity contribution in [1.29, 1.82) is 0 Å². The van der Waals surface area contributed by atoms with Gasteiger partial charge in [-0.2, -0.15) is 0 Å². The second kappa shape index (κ2) is 9.67. The van der Waals surface area contributed by atoms with E-state index < -0.39 is 0 Å². The number of nitrogens with two attached hydrogens (primary N) is 1. The van der Waals surface area contributed by atoms with Crippen LogP contribution in [0.5, 0.6) is 0 Å². The van der Waals surface area contributed by atoms with Gasteiger partial charge in [0.2, 0.25) is 5.91 Å². The van der Waals surface area contributed by atoms with E-state index in [1.165, 1.54) is 24.0 Å². The number of likely N-dealkylation sites (tertiary alicyclic amines) is 1. The summed E-state index contributed by atoms with van der Waals surface area (Å²) in [6.45, 7) is 6.17. The molecule has 1 unspecified atom stereocenters. The molecule has 2 aromatic carbocycles. The molecule has 4 nitrogen and oxygen atoms in total. The summed E-state index contributed by atoms with van der Waals surface area (Å²) in [4.78, 5) is 14.9. The second-order valence-corrected chi connectivity index (χ2v) is 7.73. The standard InChI is InChI=1S/C23H31N3O/c1-18-11-13-26(14-12-18)17-21-10-6-5-9-20(21)16-25-23(27)15-22(24)19-7-3-2-4-8-19/h2-10,18,22H,11-17,24H2,1H3,(H,25,27). The number of nitrogens with zero attached hydrogens (tertiary/aromatic N) is 1. The van der Waals surface area contributed by atoms with Gasteiger partial charge in [0, 0.05) is 25.6 Å². The summed E-state index contributed by atoms with van der Waals surface area (Å²) in [6.07, 6.45) is 2.85. The van der Waals surface area contributed by atoms with Gasteiger partial charge in [-0.25, -0.2) is 0 Å². The van der Waals surface area contributed by atoms with Gasteiger partial charge in [-0.15, -0.1) is 0 Å². The number of piperidine rings is 1. The van der Waals surface area contributed by atoms with Crippen molar-refractivity contribution in [2.45, 2.75) is 45.3 Å². The van der Waals surface area contributed by atoms with Crippen molar-refractivity contribution in [3.63, 3.8) is 0 Å². The van der Waals surface area contributed by atoms with Gasteiger partial charge in [0.1, 0.15) is 0 Å². The van der Waals surface area contributed by atoms with E-state index in [1.54, 1.807) is 0 Å². The minimum absolute atomic E-state index is 0.00652. The zero-order valence-corrected chi connectivity index (χ0v) is 16.2. The molecule has 1 atom stereocenters. The maximum Gasteiger partial charge on any atom is 0.222 e. The van der Waals surface area contributed by atoms with Crippen molar-refractivity contribution in [2.75, 3.05) is 13.1 Å². The molecule has 0 spiro atoms. The van der Waals surface area contributed by atoms with Crippen molar-refractivity contribution in [3.8, 4) is 0 Å². The van der Waals surface area contributed by atoms with Crippen LogP contribution in [0.15, 0.2) is 54.6 Å². The summed E-state index contributed by atoms with van der Waals surface area (Å²) in [5.41, 5.74) is 9.65. The Hall–Kier alpha value is -2.17. The van der Waals surface area contributed by atoms with E-state index in [-0.39, 0.29) is 11.9 Å². The average molecular weight is 366 g/mol. The van der Waals surface area contributed by atoms with E-state index in [4.69, 9.17) is 5.73 Å². The van der Waals surface area contributed by atoms with E-state index in [1.807, 2.05) is 36.4 Å². The Labute approximate surface area is 162 Å². The van der Waals surface area contributed by atoms with E-state index in [0.29, 0.717) is 13.0 Å². The smallest absolute Gasteiger partial charge is 0.222 e. The highest BCUT2D eigenvalue weighted by Crippen LogP contribution is 2.20. The molecule has 1 heterocycles. The summed E-state index contributed by atoms with van der Waals surface area (Å²) in [7, 11) is 0. The number of amides is 1. The van der Waals surface area contributed by atoms with Crippen LogP contribution in [-0.2, 0) is 17.9 Å². The number of hydrogen-bond donors (Lipinski definition) is 2. The Kier molecular flexibility index (Phi) is 7.02. The fourth-order valence-electron chi connectivity index (χ4n) is 3.63. The lowest BCUT2D eigenvalue weighted by Gasteiger charge is -2.30. The van der Waals surface area contributed by atoms with Crippen LogP contribution in [-0.4, -0.2) is 23.9 Å². The molecule has 1 fully saturated rings. The van der Waals surface area contributed by atoms with Crippen molar-refractivity contribution in [2.24, 2.45) is 11.7 Å². The SMILES string of the molecule is CC1CCN(Cc2ccccc2CNC(=O)CC(N)c2ccccc2)CC1. The molecule has 1 saturated heterocycles. The first-order valence-corrected chi connectivity index (χ1v) is 9.98. The molecule has 3 N–H and O–H groups in total. The molecule has 1 aliphatic rings. The predicted molar refractivity (Wildman–Crippen MR) is 110 cm³/mol. The Morgan fingerprint density at radius 1 is 1.07 bits per heavy atom. The lowest BCUT2D eigenvalue weighted by Crippen LogP contribution is -2.33. The van der Waals surface area contributed by atoms with Gasteiger partial charge >= 0.3 is 0 Å². The highest BCUT2D eigenvalue weighted by atomic mass is 16.1. The minimum atomic E-state index is -0.267. The molecular weight excluding hydrogens is 334 g/mol. The molecule has 3 rings (SSSR count). The number of nitrogens with one attached hydrogen (secondary N) is 1. The Morgan fingerprint density at radius 3 is 2.41 bits per heavy atom. The minimum Gasteiger partial charge on any atom is -0.352 e. The first kappa shape index (κ1) is 19.6. The molecule has 1 aliphatic heterocycles. The fourth-order valence-corrected chi connectivity index (χ4v) is 3.63. The average Bonchev–Trinajstić information content (AvgIpc) is 2.69. The molecular formula is C23H31N3O. The van der Waals surface area contributed by atoms with E-state index in [0.717, 1.165) is 31.1 Å². The molecule has 0 bridgehead atoms. The highest BCUT2D eigenvalue weighted by molar-refractivity contribution is 5.76. The van der Waals surface area contributed by atoms with E-state index in [2.05, 4.69) is 35.3 Å². The van der Waals surface area contributed by atoms with Crippen LogP contribution >= 0.6 is 0 Å². The Morgan fingerprint density at radius 2 is 1.70 bits per heavy atom. The molecule has 4 heteroatoms. The first-order valence-electron chi connectivity index (χ1n) is 9.98. The molecule has 0 aliphatic carbocycles. The van der Waals surface area contributed by atoms with Crippen LogP contribution in [0.4, 0.5) is 0 Å². The van der Waals surface area contributed by atoms with Crippen LogP contribution in [0.1, 0.15) is 48.9 Å². The Bertz CT molecular complexity index is 723. The summed E-state index contributed by atoms with van der Waals surface area (Å²) in [6, 6.07) is 17.9. The van der Waals surface area contributed by atoms with Crippen LogP contribution in [0.3, 0.4) is 0 Å². The number of rotatable bonds is 7. The van der Waals surface area contributed by atoms with Gasteiger partial charge in [-0.1, -0.05) is 61.5 Å². The normalized spacial score (nSPS) is 16.8. The van der Waals surface area contributed by atoms with Crippen molar-refractivity contribution in [3.05, 3.63) is 71.3 Å². The third kappa shape index (κ3) is 5.91. The van der Waals surface area contributed by atoms with Crippen LogP contribution in [0.2, 0.25) is 0 Å². The van der Waals surface area contributed by atoms with Gasteiger partial charge < -0.3 is 11.1 Å². The highest BCUT2D eigenvalue weighted by Gasteiger charge is 2.17. The second-order valence-electron chi connectivity index (χ2n) is 7.73. The maximum atomic E-state index is 12.3. The molecule has 2 aromatic rings. The molecule has 27 heavy (non-hydrogen) atoms. The largest absolute Gasteiger partial charge is 0.352 e.